The van der Waals surface area contributed by atoms with Gasteiger partial charge in [-0.15, -0.1) is 22.9 Å². The van der Waals surface area contributed by atoms with E-state index in [0.717, 1.165) is 17.1 Å². The Labute approximate surface area is 126 Å². The number of carbonyl (C=O) groups is 1. The number of carbonyl (C=O) groups excluding carboxylic acids is 1. The van der Waals surface area contributed by atoms with Crippen molar-refractivity contribution in [2.75, 3.05) is 11.9 Å². The Bertz CT molecular complexity index is 586. The van der Waals surface area contributed by atoms with Crippen LogP contribution in [-0.2, 0) is 17.1 Å². The number of nitrogens with one attached hydrogen (secondary N) is 1. The third kappa shape index (κ3) is 4.21. The number of ether oxygens (including phenoxy) is 1. The molecule has 0 aliphatic carbocycles. The molecule has 2 aromatic rings. The van der Waals surface area contributed by atoms with Gasteiger partial charge in [0.1, 0.15) is 5.75 Å². The SMILES string of the molecule is CC(=O)Nc1ccccc1OCCc1nc(CCl)cs1. The lowest BCUT2D eigenvalue weighted by Crippen LogP contribution is -2.09. The summed E-state index contributed by atoms with van der Waals surface area (Å²) >= 11 is 7.29. The van der Waals surface area contributed by atoms with E-state index < -0.39 is 0 Å². The van der Waals surface area contributed by atoms with Crippen molar-refractivity contribution in [2.24, 2.45) is 0 Å². The summed E-state index contributed by atoms with van der Waals surface area (Å²) in [7, 11) is 0. The number of amides is 1. The number of para-hydroxylation sites is 2. The molecule has 4 nitrogen and oxygen atoms in total. The highest BCUT2D eigenvalue weighted by atomic mass is 35.5. The van der Waals surface area contributed by atoms with Gasteiger partial charge in [-0.25, -0.2) is 4.98 Å². The van der Waals surface area contributed by atoms with Gasteiger partial charge in [-0.1, -0.05) is 12.1 Å². The molecule has 0 unspecified atom stereocenters. The van der Waals surface area contributed by atoms with E-state index in [-0.39, 0.29) is 5.91 Å². The summed E-state index contributed by atoms with van der Waals surface area (Å²) < 4.78 is 5.70. The van der Waals surface area contributed by atoms with Gasteiger partial charge in [0.25, 0.3) is 0 Å². The largest absolute Gasteiger partial charge is 0.491 e. The number of hydrogen-bond acceptors (Lipinski definition) is 4. The van der Waals surface area contributed by atoms with Crippen molar-refractivity contribution in [1.29, 1.82) is 0 Å². The number of anilines is 1. The topological polar surface area (TPSA) is 51.2 Å². The highest BCUT2D eigenvalue weighted by Crippen LogP contribution is 2.24. The average Bonchev–Trinajstić information content (AvgIpc) is 2.88. The molecular formula is C14H15ClN2O2S. The third-order valence-electron chi connectivity index (χ3n) is 2.51. The second kappa shape index (κ2) is 7.26. The molecule has 0 saturated heterocycles. The smallest absolute Gasteiger partial charge is 0.221 e. The van der Waals surface area contributed by atoms with E-state index in [0.29, 0.717) is 23.9 Å². The maximum absolute atomic E-state index is 11.1. The molecule has 20 heavy (non-hydrogen) atoms. The second-order valence-electron chi connectivity index (χ2n) is 4.14. The van der Waals surface area contributed by atoms with Gasteiger partial charge in [0.05, 0.1) is 28.9 Å². The molecule has 0 bridgehead atoms. The summed E-state index contributed by atoms with van der Waals surface area (Å²) in [5, 5.41) is 5.69. The maximum atomic E-state index is 11.1. The number of aromatic nitrogens is 1. The first kappa shape index (κ1) is 14.8. The van der Waals surface area contributed by atoms with Gasteiger partial charge in [0, 0.05) is 18.7 Å². The van der Waals surface area contributed by atoms with Crippen LogP contribution in [0.3, 0.4) is 0 Å². The number of nitrogens with zero attached hydrogens (tertiary/aromatic N) is 1. The number of hydrogen-bond donors (Lipinski definition) is 1. The van der Waals surface area contributed by atoms with E-state index >= 15 is 0 Å². The minimum absolute atomic E-state index is 0.118. The van der Waals surface area contributed by atoms with Crippen LogP contribution >= 0.6 is 22.9 Å². The van der Waals surface area contributed by atoms with E-state index in [1.165, 1.54) is 6.92 Å². The van der Waals surface area contributed by atoms with Crippen molar-refractivity contribution in [3.05, 3.63) is 40.3 Å². The van der Waals surface area contributed by atoms with Crippen molar-refractivity contribution in [1.82, 2.24) is 4.98 Å². The number of alkyl halides is 1. The lowest BCUT2D eigenvalue weighted by molar-refractivity contribution is -0.114. The highest BCUT2D eigenvalue weighted by Gasteiger charge is 2.05. The van der Waals surface area contributed by atoms with Gasteiger partial charge in [0.15, 0.2) is 0 Å². The molecular weight excluding hydrogens is 296 g/mol. The van der Waals surface area contributed by atoms with Crippen LogP contribution in [-0.4, -0.2) is 17.5 Å². The summed E-state index contributed by atoms with van der Waals surface area (Å²) in [6, 6.07) is 7.37. The number of benzene rings is 1. The summed E-state index contributed by atoms with van der Waals surface area (Å²) in [5.41, 5.74) is 1.57. The van der Waals surface area contributed by atoms with Gasteiger partial charge in [-0.05, 0) is 12.1 Å². The summed E-state index contributed by atoms with van der Waals surface area (Å²) in [6.07, 6.45) is 0.718. The fraction of sp³-hybridized carbons (Fsp3) is 0.286. The van der Waals surface area contributed by atoms with Crippen molar-refractivity contribution in [2.45, 2.75) is 19.2 Å². The predicted octanol–water partition coefficient (Wildman–Crippen LogP) is 3.46. The van der Waals surface area contributed by atoms with E-state index in [9.17, 15) is 4.79 Å². The minimum atomic E-state index is -0.118. The monoisotopic (exact) mass is 310 g/mol. The maximum Gasteiger partial charge on any atom is 0.221 e. The predicted molar refractivity (Wildman–Crippen MR) is 81.6 cm³/mol. The van der Waals surface area contributed by atoms with E-state index in [4.69, 9.17) is 16.3 Å². The molecule has 0 saturated carbocycles. The van der Waals surface area contributed by atoms with Gasteiger partial charge < -0.3 is 10.1 Å². The molecule has 106 valence electrons. The summed E-state index contributed by atoms with van der Waals surface area (Å²) in [4.78, 5) is 15.5. The van der Waals surface area contributed by atoms with Crippen LogP contribution in [0.1, 0.15) is 17.6 Å². The lowest BCUT2D eigenvalue weighted by Gasteiger charge is -2.10. The van der Waals surface area contributed by atoms with Crippen molar-refractivity contribution in [3.8, 4) is 5.75 Å². The van der Waals surface area contributed by atoms with E-state index in [1.54, 1.807) is 11.3 Å². The molecule has 1 heterocycles. The second-order valence-corrected chi connectivity index (χ2v) is 5.35. The molecule has 1 amide bonds. The van der Waals surface area contributed by atoms with Crippen LogP contribution in [0.15, 0.2) is 29.6 Å². The lowest BCUT2D eigenvalue weighted by atomic mass is 10.3. The first-order valence-corrected chi connectivity index (χ1v) is 7.59. The van der Waals surface area contributed by atoms with Gasteiger partial charge in [-0.2, -0.15) is 0 Å². The van der Waals surface area contributed by atoms with Crippen molar-refractivity contribution < 1.29 is 9.53 Å². The van der Waals surface area contributed by atoms with Crippen molar-refractivity contribution >= 4 is 34.5 Å². The Morgan fingerprint density at radius 2 is 2.25 bits per heavy atom. The quantitative estimate of drug-likeness (QED) is 0.831. The Kier molecular flexibility index (Phi) is 5.38. The van der Waals surface area contributed by atoms with Crippen LogP contribution in [0.2, 0.25) is 0 Å². The zero-order valence-corrected chi connectivity index (χ0v) is 12.6. The van der Waals surface area contributed by atoms with E-state index in [1.807, 2.05) is 29.6 Å². The Balaban J connectivity index is 1.92. The summed E-state index contributed by atoms with van der Waals surface area (Å²) in [6.45, 7) is 1.98. The van der Waals surface area contributed by atoms with Crippen LogP contribution < -0.4 is 10.1 Å². The van der Waals surface area contributed by atoms with Crippen LogP contribution in [0.4, 0.5) is 5.69 Å². The average molecular weight is 311 g/mol. The molecule has 0 radical (unpaired) electrons. The minimum Gasteiger partial charge on any atom is -0.491 e. The summed E-state index contributed by atoms with van der Waals surface area (Å²) in [5.74, 6) is 0.979. The standard InChI is InChI=1S/C14H15ClN2O2S/c1-10(18)16-12-4-2-3-5-13(12)19-7-6-14-17-11(8-15)9-20-14/h2-5,9H,6-8H2,1H3,(H,16,18). The van der Waals surface area contributed by atoms with Gasteiger partial charge in [-0.3, -0.25) is 4.79 Å². The molecule has 6 heteroatoms. The number of halogens is 1. The zero-order valence-electron chi connectivity index (χ0n) is 11.1. The first-order chi connectivity index (χ1) is 9.69. The fourth-order valence-electron chi connectivity index (χ4n) is 1.66. The highest BCUT2D eigenvalue weighted by molar-refractivity contribution is 7.09. The van der Waals surface area contributed by atoms with E-state index in [2.05, 4.69) is 10.3 Å². The molecule has 1 aromatic carbocycles. The molecule has 0 atom stereocenters. The molecule has 2 rings (SSSR count). The molecule has 0 aliphatic heterocycles. The fourth-order valence-corrected chi connectivity index (χ4v) is 2.67. The van der Waals surface area contributed by atoms with Crippen LogP contribution in [0.5, 0.6) is 5.75 Å². The third-order valence-corrected chi connectivity index (χ3v) is 3.74. The van der Waals surface area contributed by atoms with Gasteiger partial charge in [0.2, 0.25) is 5.91 Å². The Morgan fingerprint density at radius 1 is 1.45 bits per heavy atom. The van der Waals surface area contributed by atoms with Crippen LogP contribution in [0.25, 0.3) is 0 Å². The molecule has 1 aromatic heterocycles. The van der Waals surface area contributed by atoms with Crippen LogP contribution in [0, 0.1) is 0 Å². The molecule has 0 spiro atoms. The van der Waals surface area contributed by atoms with Gasteiger partial charge >= 0.3 is 0 Å². The first-order valence-electron chi connectivity index (χ1n) is 6.17. The molecule has 0 fully saturated rings. The molecule has 1 N–H and O–H groups in total. The zero-order chi connectivity index (χ0) is 14.4. The number of thiazole rings is 1. The normalized spacial score (nSPS) is 10.3. The Morgan fingerprint density at radius 3 is 2.95 bits per heavy atom. The van der Waals surface area contributed by atoms with Crippen molar-refractivity contribution in [3.63, 3.8) is 0 Å². The number of rotatable bonds is 6. The molecule has 0 aliphatic rings. The Hall–Kier alpha value is -1.59.